The van der Waals surface area contributed by atoms with E-state index in [1.165, 1.54) is 29.9 Å². The van der Waals surface area contributed by atoms with Gasteiger partial charge in [0.05, 0.1) is 42.2 Å². The van der Waals surface area contributed by atoms with Crippen molar-refractivity contribution in [1.29, 1.82) is 0 Å². The van der Waals surface area contributed by atoms with Crippen LogP contribution in [0.4, 0.5) is 0 Å². The van der Waals surface area contributed by atoms with Gasteiger partial charge in [0, 0.05) is 12.5 Å². The summed E-state index contributed by atoms with van der Waals surface area (Å²) in [7, 11) is 1.45. The summed E-state index contributed by atoms with van der Waals surface area (Å²) < 4.78 is 24.0. The number of hydrogen-bond donors (Lipinski definition) is 0. The summed E-state index contributed by atoms with van der Waals surface area (Å²) in [6, 6.07) is 11.5. The zero-order valence-corrected chi connectivity index (χ0v) is 24.2. The summed E-state index contributed by atoms with van der Waals surface area (Å²) in [5.74, 6) is 0.234. The van der Waals surface area contributed by atoms with E-state index in [1.807, 2.05) is 45.0 Å². The number of thiazole rings is 1. The number of rotatable bonds is 9. The smallest absolute Gasteiger partial charge is 0.338 e. The quantitative estimate of drug-likeness (QED) is 0.288. The van der Waals surface area contributed by atoms with Crippen molar-refractivity contribution >= 4 is 29.4 Å². The van der Waals surface area contributed by atoms with Gasteiger partial charge >= 0.3 is 11.9 Å². The molecule has 2 aromatic carbocycles. The van der Waals surface area contributed by atoms with Crippen molar-refractivity contribution in [3.63, 3.8) is 0 Å². The number of aromatic nitrogens is 1. The van der Waals surface area contributed by atoms with Gasteiger partial charge in [-0.3, -0.25) is 14.2 Å². The molecule has 1 aromatic heterocycles. The van der Waals surface area contributed by atoms with Gasteiger partial charge in [-0.05, 0) is 49.6 Å². The molecule has 3 aromatic rings. The zero-order valence-electron chi connectivity index (χ0n) is 23.3. The topological polar surface area (TPSA) is 105 Å². The summed E-state index contributed by atoms with van der Waals surface area (Å²) in [6.45, 7) is 9.51. The minimum atomic E-state index is -0.847. The van der Waals surface area contributed by atoms with E-state index in [1.54, 1.807) is 31.2 Å². The zero-order chi connectivity index (χ0) is 29.0. The maximum Gasteiger partial charge on any atom is 0.338 e. The molecule has 0 N–H and O–H groups in total. The minimum absolute atomic E-state index is 0.123. The van der Waals surface area contributed by atoms with Gasteiger partial charge < -0.3 is 18.9 Å². The molecule has 0 aliphatic carbocycles. The Kier molecular flexibility index (Phi) is 8.89. The van der Waals surface area contributed by atoms with Crippen molar-refractivity contribution < 1.29 is 28.5 Å². The number of allylic oxidation sites excluding steroid dienone is 1. The first-order valence-electron chi connectivity index (χ1n) is 12.9. The first kappa shape index (κ1) is 28.8. The molecule has 0 saturated heterocycles. The molecule has 10 heteroatoms. The lowest BCUT2D eigenvalue weighted by atomic mass is 9.95. The first-order valence-corrected chi connectivity index (χ1v) is 13.7. The number of ether oxygens (including phenoxy) is 4. The highest BCUT2D eigenvalue weighted by molar-refractivity contribution is 7.07. The standard InChI is InChI=1S/C30H32N2O7S/c1-7-37-22-11-9-8-10-20(22)15-25-28(34)32-27(21-12-13-23(39-19(5)33)24(14-21)36-6)26(18(4)31-30(32)40-25)29(35)38-16-17(2)3/h8-15,17,27H,7,16H2,1-6H3/b25-15+. The first-order chi connectivity index (χ1) is 19.1. The van der Waals surface area contributed by atoms with Crippen LogP contribution in [0.5, 0.6) is 17.2 Å². The summed E-state index contributed by atoms with van der Waals surface area (Å²) in [6.07, 6.45) is 1.77. The molecule has 0 saturated carbocycles. The van der Waals surface area contributed by atoms with Gasteiger partial charge in [0.25, 0.3) is 5.56 Å². The van der Waals surface area contributed by atoms with Crippen LogP contribution < -0.4 is 29.1 Å². The minimum Gasteiger partial charge on any atom is -0.493 e. The summed E-state index contributed by atoms with van der Waals surface area (Å²) in [4.78, 5) is 44.0. The van der Waals surface area contributed by atoms with Crippen LogP contribution in [0.25, 0.3) is 6.08 Å². The van der Waals surface area contributed by atoms with Crippen LogP contribution in [0.3, 0.4) is 0 Å². The predicted molar refractivity (Wildman–Crippen MR) is 151 cm³/mol. The van der Waals surface area contributed by atoms with E-state index < -0.39 is 18.0 Å². The molecule has 0 amide bonds. The lowest BCUT2D eigenvalue weighted by Crippen LogP contribution is -2.40. The lowest BCUT2D eigenvalue weighted by molar-refractivity contribution is -0.140. The number of para-hydroxylation sites is 1. The largest absolute Gasteiger partial charge is 0.493 e. The van der Waals surface area contributed by atoms with Crippen LogP contribution in [0.2, 0.25) is 0 Å². The number of fused-ring (bicyclic) bond motifs is 1. The fourth-order valence-electron chi connectivity index (χ4n) is 4.34. The average Bonchev–Trinajstić information content (AvgIpc) is 3.21. The van der Waals surface area contributed by atoms with Gasteiger partial charge in [-0.25, -0.2) is 9.79 Å². The second-order valence-corrected chi connectivity index (χ2v) is 10.6. The van der Waals surface area contributed by atoms with Crippen LogP contribution in [0.1, 0.15) is 51.8 Å². The number of nitrogens with zero attached hydrogens (tertiary/aromatic N) is 2. The Bertz CT molecular complexity index is 1650. The molecule has 210 valence electrons. The van der Waals surface area contributed by atoms with E-state index >= 15 is 0 Å². The number of carbonyl (C=O) groups is 2. The molecule has 1 aliphatic rings. The number of carbonyl (C=O) groups excluding carboxylic acids is 2. The second-order valence-electron chi connectivity index (χ2n) is 9.55. The van der Waals surface area contributed by atoms with E-state index in [0.29, 0.717) is 33.0 Å². The van der Waals surface area contributed by atoms with Gasteiger partial charge in [-0.1, -0.05) is 49.4 Å². The van der Waals surface area contributed by atoms with Gasteiger partial charge in [-0.15, -0.1) is 0 Å². The van der Waals surface area contributed by atoms with Crippen LogP contribution >= 0.6 is 11.3 Å². The molecule has 1 aliphatic heterocycles. The van der Waals surface area contributed by atoms with Crippen molar-refractivity contribution in [3.05, 3.63) is 84.5 Å². The van der Waals surface area contributed by atoms with Crippen molar-refractivity contribution in [2.24, 2.45) is 10.9 Å². The highest BCUT2D eigenvalue weighted by atomic mass is 32.1. The monoisotopic (exact) mass is 564 g/mol. The highest BCUT2D eigenvalue weighted by Crippen LogP contribution is 2.36. The van der Waals surface area contributed by atoms with Gasteiger partial charge in [0.15, 0.2) is 16.3 Å². The third-order valence-corrected chi connectivity index (χ3v) is 7.03. The maximum atomic E-state index is 13.9. The maximum absolute atomic E-state index is 13.9. The van der Waals surface area contributed by atoms with Gasteiger partial charge in [0.2, 0.25) is 0 Å². The molecule has 0 bridgehead atoms. The van der Waals surface area contributed by atoms with E-state index in [2.05, 4.69) is 4.99 Å². The van der Waals surface area contributed by atoms with E-state index in [9.17, 15) is 14.4 Å². The van der Waals surface area contributed by atoms with Crippen LogP contribution in [0, 0.1) is 5.92 Å². The predicted octanol–water partition coefficient (Wildman–Crippen LogP) is 3.77. The molecular weight excluding hydrogens is 532 g/mol. The molecule has 4 rings (SSSR count). The fraction of sp³-hybridized carbons (Fsp3) is 0.333. The number of hydrogen-bond acceptors (Lipinski definition) is 9. The summed E-state index contributed by atoms with van der Waals surface area (Å²) in [5, 5.41) is 0. The molecule has 0 spiro atoms. The average molecular weight is 565 g/mol. The fourth-order valence-corrected chi connectivity index (χ4v) is 5.38. The summed E-state index contributed by atoms with van der Waals surface area (Å²) >= 11 is 1.23. The number of benzene rings is 2. The Morgan fingerprint density at radius 3 is 2.55 bits per heavy atom. The normalized spacial score (nSPS) is 15.0. The van der Waals surface area contributed by atoms with Crippen molar-refractivity contribution in [3.8, 4) is 17.2 Å². The Morgan fingerprint density at radius 2 is 1.88 bits per heavy atom. The Balaban J connectivity index is 1.93. The molecule has 0 radical (unpaired) electrons. The van der Waals surface area contributed by atoms with E-state index in [-0.39, 0.29) is 35.2 Å². The van der Waals surface area contributed by atoms with Crippen molar-refractivity contribution in [1.82, 2.24) is 4.57 Å². The molecule has 0 fully saturated rings. The number of methoxy groups -OCH3 is 1. The van der Waals surface area contributed by atoms with Crippen LogP contribution in [-0.4, -0.2) is 36.8 Å². The second kappa shape index (κ2) is 12.3. The van der Waals surface area contributed by atoms with Crippen LogP contribution in [-0.2, 0) is 14.3 Å². The van der Waals surface area contributed by atoms with Gasteiger partial charge in [0.1, 0.15) is 5.75 Å². The molecule has 2 heterocycles. The van der Waals surface area contributed by atoms with E-state index in [0.717, 1.165) is 5.56 Å². The van der Waals surface area contributed by atoms with Crippen molar-refractivity contribution in [2.75, 3.05) is 20.3 Å². The highest BCUT2D eigenvalue weighted by Gasteiger charge is 2.34. The third-order valence-electron chi connectivity index (χ3n) is 6.05. The Hall–Kier alpha value is -4.18. The molecule has 9 nitrogen and oxygen atoms in total. The Labute approximate surface area is 236 Å². The third kappa shape index (κ3) is 6.02. The molecular formula is C30H32N2O7S. The molecule has 40 heavy (non-hydrogen) atoms. The lowest BCUT2D eigenvalue weighted by Gasteiger charge is -2.25. The van der Waals surface area contributed by atoms with Crippen LogP contribution in [0.15, 0.2) is 63.5 Å². The van der Waals surface area contributed by atoms with Gasteiger partial charge in [-0.2, -0.15) is 0 Å². The SMILES string of the molecule is CCOc1ccccc1/C=c1/sc2n(c1=O)C(c1ccc(OC(C)=O)c(OC)c1)C(C(=O)OCC(C)C)=C(C)N=2. The Morgan fingerprint density at radius 1 is 1.12 bits per heavy atom. The summed E-state index contributed by atoms with van der Waals surface area (Å²) in [5.41, 5.74) is 1.71. The van der Waals surface area contributed by atoms with Crippen molar-refractivity contribution in [2.45, 2.75) is 40.7 Å². The molecule has 1 atom stereocenters. The van der Waals surface area contributed by atoms with E-state index in [4.69, 9.17) is 18.9 Å². The number of esters is 2. The molecule has 1 unspecified atom stereocenters.